The molecule has 24 heavy (non-hydrogen) atoms. The Morgan fingerprint density at radius 1 is 1.33 bits per heavy atom. The van der Waals surface area contributed by atoms with E-state index in [4.69, 9.17) is 11.6 Å². The standard InChI is InChI=1S/C15H19ClN2O4S2/c1-2-3-8-24(21,22)17-14(19)13-9-23-10-18(13)15(20)11-4-6-12(16)7-5-11/h4-7,13H,2-3,8-10H2,1H3,(H,17,19). The van der Waals surface area contributed by atoms with Crippen molar-refractivity contribution < 1.29 is 18.0 Å². The lowest BCUT2D eigenvalue weighted by Crippen LogP contribution is -2.49. The number of nitrogens with one attached hydrogen (secondary N) is 1. The number of carbonyl (C=O) groups excluding carboxylic acids is 2. The highest BCUT2D eigenvalue weighted by Gasteiger charge is 2.36. The maximum atomic E-state index is 12.6. The number of rotatable bonds is 6. The minimum absolute atomic E-state index is 0.0970. The van der Waals surface area contributed by atoms with Gasteiger partial charge in [-0.2, -0.15) is 0 Å². The van der Waals surface area contributed by atoms with E-state index >= 15 is 0 Å². The first-order valence-electron chi connectivity index (χ1n) is 7.52. The second-order valence-corrected chi connectivity index (χ2v) is 8.71. The first-order valence-corrected chi connectivity index (χ1v) is 10.7. The highest BCUT2D eigenvalue weighted by molar-refractivity contribution is 7.99. The van der Waals surface area contributed by atoms with Gasteiger partial charge in [0, 0.05) is 16.3 Å². The summed E-state index contributed by atoms with van der Waals surface area (Å²) < 4.78 is 25.9. The molecule has 6 nitrogen and oxygen atoms in total. The molecule has 2 amide bonds. The monoisotopic (exact) mass is 390 g/mol. The maximum absolute atomic E-state index is 12.6. The van der Waals surface area contributed by atoms with Crippen LogP contribution in [-0.4, -0.2) is 48.6 Å². The predicted molar refractivity (Wildman–Crippen MR) is 95.6 cm³/mol. The number of benzene rings is 1. The Hall–Kier alpha value is -1.25. The van der Waals surface area contributed by atoms with Gasteiger partial charge in [0.2, 0.25) is 10.0 Å². The molecule has 1 aliphatic heterocycles. The van der Waals surface area contributed by atoms with Crippen LogP contribution in [0.2, 0.25) is 5.02 Å². The van der Waals surface area contributed by atoms with Crippen LogP contribution in [0.3, 0.4) is 0 Å². The molecular weight excluding hydrogens is 372 g/mol. The van der Waals surface area contributed by atoms with Crippen LogP contribution in [0.1, 0.15) is 30.1 Å². The van der Waals surface area contributed by atoms with Gasteiger partial charge in [0.25, 0.3) is 11.8 Å². The fourth-order valence-corrected chi connectivity index (χ4v) is 4.72. The smallest absolute Gasteiger partial charge is 0.257 e. The first-order chi connectivity index (χ1) is 11.3. The van der Waals surface area contributed by atoms with Crippen LogP contribution < -0.4 is 4.72 Å². The van der Waals surface area contributed by atoms with Gasteiger partial charge in [0.05, 0.1) is 11.6 Å². The average Bonchev–Trinajstić information content (AvgIpc) is 3.02. The third-order valence-corrected chi connectivity index (χ3v) is 6.16. The summed E-state index contributed by atoms with van der Waals surface area (Å²) in [5.74, 6) is -0.357. The molecule has 1 fully saturated rings. The Balaban J connectivity index is 2.08. The number of nitrogens with zero attached hydrogens (tertiary/aromatic N) is 1. The van der Waals surface area contributed by atoms with E-state index in [0.29, 0.717) is 28.6 Å². The molecule has 1 atom stereocenters. The van der Waals surface area contributed by atoms with Crippen molar-refractivity contribution >= 4 is 45.2 Å². The van der Waals surface area contributed by atoms with Crippen molar-refractivity contribution in [3.63, 3.8) is 0 Å². The van der Waals surface area contributed by atoms with Gasteiger partial charge >= 0.3 is 0 Å². The van der Waals surface area contributed by atoms with E-state index in [9.17, 15) is 18.0 Å². The Morgan fingerprint density at radius 3 is 2.62 bits per heavy atom. The van der Waals surface area contributed by atoms with Crippen molar-refractivity contribution in [2.45, 2.75) is 25.8 Å². The van der Waals surface area contributed by atoms with Crippen molar-refractivity contribution in [2.24, 2.45) is 0 Å². The summed E-state index contributed by atoms with van der Waals surface area (Å²) in [6.45, 7) is 1.87. The van der Waals surface area contributed by atoms with Crippen molar-refractivity contribution in [2.75, 3.05) is 17.4 Å². The highest BCUT2D eigenvalue weighted by Crippen LogP contribution is 2.24. The van der Waals surface area contributed by atoms with E-state index in [2.05, 4.69) is 4.72 Å². The zero-order valence-corrected chi connectivity index (χ0v) is 15.6. The molecule has 1 aliphatic rings. The zero-order valence-electron chi connectivity index (χ0n) is 13.2. The van der Waals surface area contributed by atoms with E-state index in [0.717, 1.165) is 6.42 Å². The maximum Gasteiger partial charge on any atom is 0.257 e. The van der Waals surface area contributed by atoms with Gasteiger partial charge in [-0.3, -0.25) is 14.3 Å². The summed E-state index contributed by atoms with van der Waals surface area (Å²) in [6, 6.07) is 5.57. The van der Waals surface area contributed by atoms with Crippen LogP contribution in [-0.2, 0) is 14.8 Å². The molecule has 0 radical (unpaired) electrons. The molecular formula is C15H19ClN2O4S2. The lowest BCUT2D eigenvalue weighted by molar-refractivity contribution is -0.122. The molecule has 0 aliphatic carbocycles. The van der Waals surface area contributed by atoms with Gasteiger partial charge in [-0.15, -0.1) is 11.8 Å². The molecule has 1 N–H and O–H groups in total. The number of hydrogen-bond donors (Lipinski definition) is 1. The molecule has 1 heterocycles. The van der Waals surface area contributed by atoms with Crippen molar-refractivity contribution in [1.82, 2.24) is 9.62 Å². The van der Waals surface area contributed by atoms with Crippen molar-refractivity contribution in [3.8, 4) is 0 Å². The minimum Gasteiger partial charge on any atom is -0.316 e. The van der Waals surface area contributed by atoms with Gasteiger partial charge in [-0.25, -0.2) is 8.42 Å². The predicted octanol–water partition coefficient (Wildman–Crippen LogP) is 2.10. The fraction of sp³-hybridized carbons (Fsp3) is 0.467. The van der Waals surface area contributed by atoms with Crippen molar-refractivity contribution in [3.05, 3.63) is 34.9 Å². The topological polar surface area (TPSA) is 83.6 Å². The zero-order chi connectivity index (χ0) is 17.7. The number of amides is 2. The number of hydrogen-bond acceptors (Lipinski definition) is 5. The first kappa shape index (κ1) is 19.1. The quantitative estimate of drug-likeness (QED) is 0.804. The van der Waals surface area contributed by atoms with Gasteiger partial charge in [-0.1, -0.05) is 24.9 Å². The van der Waals surface area contributed by atoms with Crippen molar-refractivity contribution in [1.29, 1.82) is 0 Å². The molecule has 9 heteroatoms. The molecule has 2 rings (SSSR count). The van der Waals surface area contributed by atoms with Crippen LogP contribution in [0.15, 0.2) is 24.3 Å². The Labute approximate surface area is 151 Å². The third kappa shape index (κ3) is 4.87. The summed E-state index contributed by atoms with van der Waals surface area (Å²) in [5.41, 5.74) is 0.411. The number of halogens is 1. The number of carbonyl (C=O) groups is 2. The van der Waals surface area contributed by atoms with Gasteiger partial charge in [-0.05, 0) is 30.7 Å². The van der Waals surface area contributed by atoms with E-state index in [1.807, 2.05) is 6.92 Å². The van der Waals surface area contributed by atoms with Crippen LogP contribution in [0.5, 0.6) is 0 Å². The summed E-state index contributed by atoms with van der Waals surface area (Å²) in [7, 11) is -3.66. The largest absolute Gasteiger partial charge is 0.316 e. The lowest BCUT2D eigenvalue weighted by atomic mass is 10.1. The number of unbranched alkanes of at least 4 members (excludes halogenated alkanes) is 1. The third-order valence-electron chi connectivity index (χ3n) is 3.56. The molecule has 1 aromatic carbocycles. The molecule has 0 aromatic heterocycles. The van der Waals surface area contributed by atoms with Crippen LogP contribution in [0.25, 0.3) is 0 Å². The molecule has 1 saturated heterocycles. The summed E-state index contributed by atoms with van der Waals surface area (Å²) in [6.07, 6.45) is 1.20. The normalized spacial score (nSPS) is 17.8. The SMILES string of the molecule is CCCCS(=O)(=O)NC(=O)C1CSCN1C(=O)c1ccc(Cl)cc1. The Kier molecular flexibility index (Phi) is 6.54. The second-order valence-electron chi connectivity index (χ2n) is 5.44. The summed E-state index contributed by atoms with van der Waals surface area (Å²) in [5, 5.41) is 0.513. The lowest BCUT2D eigenvalue weighted by Gasteiger charge is -2.23. The van der Waals surface area contributed by atoms with Crippen LogP contribution in [0, 0.1) is 0 Å². The van der Waals surface area contributed by atoms with E-state index in [1.165, 1.54) is 16.7 Å². The Morgan fingerprint density at radius 2 is 2.00 bits per heavy atom. The summed E-state index contributed by atoms with van der Waals surface area (Å²) >= 11 is 7.22. The molecule has 1 unspecified atom stereocenters. The molecule has 0 bridgehead atoms. The number of sulfonamides is 1. The second kappa shape index (κ2) is 8.22. The highest BCUT2D eigenvalue weighted by atomic mass is 35.5. The molecule has 1 aromatic rings. The van der Waals surface area contributed by atoms with Crippen LogP contribution >= 0.6 is 23.4 Å². The van der Waals surface area contributed by atoms with Gasteiger partial charge in [0.15, 0.2) is 0 Å². The average molecular weight is 391 g/mol. The minimum atomic E-state index is -3.66. The number of thioether (sulfide) groups is 1. The van der Waals surface area contributed by atoms with Crippen LogP contribution in [0.4, 0.5) is 0 Å². The van der Waals surface area contributed by atoms with Gasteiger partial charge < -0.3 is 4.90 Å². The van der Waals surface area contributed by atoms with E-state index in [-0.39, 0.29) is 11.7 Å². The molecule has 0 spiro atoms. The van der Waals surface area contributed by atoms with E-state index in [1.54, 1.807) is 24.3 Å². The van der Waals surface area contributed by atoms with E-state index < -0.39 is 22.0 Å². The van der Waals surface area contributed by atoms with Gasteiger partial charge in [0.1, 0.15) is 6.04 Å². The molecule has 132 valence electrons. The molecule has 0 saturated carbocycles. The fourth-order valence-electron chi connectivity index (χ4n) is 2.22. The summed E-state index contributed by atoms with van der Waals surface area (Å²) in [4.78, 5) is 26.2. The Bertz CT molecular complexity index is 707.